The third kappa shape index (κ3) is 1.16. The van der Waals surface area contributed by atoms with Crippen molar-refractivity contribution in [1.29, 1.82) is 0 Å². The van der Waals surface area contributed by atoms with E-state index in [1.807, 2.05) is 6.07 Å². The fourth-order valence-corrected chi connectivity index (χ4v) is 1.07. The predicted octanol–water partition coefficient (Wildman–Crippen LogP) is 1.01. The topological polar surface area (TPSA) is 55.0 Å². The predicted molar refractivity (Wildman–Crippen MR) is 42.4 cm³/mol. The van der Waals surface area contributed by atoms with Crippen LogP contribution in [0, 0.1) is 0 Å². The Morgan fingerprint density at radius 2 is 2.31 bits per heavy atom. The number of H-pyrrole nitrogens is 1. The molecule has 0 aliphatic heterocycles. The Balaban J connectivity index is 0.000000845. The molecule has 0 aliphatic carbocycles. The van der Waals surface area contributed by atoms with Crippen LogP contribution in [0.2, 0.25) is 0 Å². The van der Waals surface area contributed by atoms with Gasteiger partial charge in [0.05, 0.1) is 11.8 Å². The molecular weight excluding hydrogens is 423 g/mol. The van der Waals surface area contributed by atoms with E-state index in [0.717, 1.165) is 5.52 Å². The van der Waals surface area contributed by atoms with E-state index in [2.05, 4.69) is 14.7 Å². The Morgan fingerprint density at radius 1 is 1.46 bits per heavy atom. The number of imidazole rings is 1. The van der Waals surface area contributed by atoms with Crippen LogP contribution < -0.4 is 4.74 Å². The molecule has 5 heteroatoms. The van der Waals surface area contributed by atoms with Gasteiger partial charge in [-0.25, -0.2) is 0 Å². The van der Waals surface area contributed by atoms with E-state index in [1.54, 1.807) is 18.5 Å². The van der Waals surface area contributed by atoms with Crippen LogP contribution >= 0.6 is 0 Å². The summed E-state index contributed by atoms with van der Waals surface area (Å²) < 4.78 is 4.59. The molecule has 2 rings (SSSR count). The van der Waals surface area contributed by atoms with Crippen molar-refractivity contribution in [2.24, 2.45) is 0 Å². The van der Waals surface area contributed by atoms with Gasteiger partial charge in [-0.15, -0.1) is 6.07 Å². The van der Waals surface area contributed by atoms with Crippen LogP contribution in [0.25, 0.3) is 11.0 Å². The van der Waals surface area contributed by atoms with Crippen LogP contribution in [-0.2, 0) is 4.79 Å². The molecule has 62 valence electrons. The van der Waals surface area contributed by atoms with E-state index in [9.17, 15) is 4.79 Å². The third-order valence-electron chi connectivity index (χ3n) is 1.56. The average molecular weight is 428 g/mol. The van der Waals surface area contributed by atoms with Gasteiger partial charge in [0.25, 0.3) is 0 Å². The molecule has 0 saturated carbocycles. The molecule has 2 aromatic rings. The number of rotatable bonds is 2. The molecule has 0 atom stereocenters. The summed E-state index contributed by atoms with van der Waals surface area (Å²) in [5.74, 6) is 0.420. The van der Waals surface area contributed by atoms with Crippen molar-refractivity contribution >= 4 is 17.5 Å². The Hall–Kier alpha value is -2.84. The monoisotopic (exact) mass is 428 g/mol. The van der Waals surface area contributed by atoms with Crippen LogP contribution in [-0.4, -0.2) is 16.4 Å². The van der Waals surface area contributed by atoms with Crippen molar-refractivity contribution in [1.82, 2.24) is 9.97 Å². The first kappa shape index (κ1) is 8.26. The maximum atomic E-state index is 9.95. The van der Waals surface area contributed by atoms with E-state index in [0.29, 0.717) is 11.3 Å². The molecule has 0 unspecified atom stereocenters. The number of fused-ring (bicyclic) bond motifs is 1. The first-order chi connectivity index (χ1) is 5.92. The molecule has 0 radical (unpaired) electrons. The van der Waals surface area contributed by atoms with Gasteiger partial charge in [0.2, 0.25) is 0 Å². The zero-order valence-electron chi connectivity index (χ0n) is 6.78. The minimum Gasteiger partial charge on any atom is -0.608 e. The van der Waals surface area contributed by atoms with Gasteiger partial charge in [-0.3, -0.25) is 4.98 Å². The van der Waals surface area contributed by atoms with E-state index in [4.69, 9.17) is 0 Å². The van der Waals surface area contributed by atoms with Gasteiger partial charge in [-0.05, 0) is 11.8 Å². The van der Waals surface area contributed by atoms with Gasteiger partial charge < -0.3 is 14.5 Å². The van der Waals surface area contributed by atoms with Gasteiger partial charge in [0.1, 0.15) is 0 Å². The van der Waals surface area contributed by atoms with Crippen molar-refractivity contribution in [3.8, 4) is 5.75 Å². The SMILES string of the molecule is O=[C-]Oc1cccc2[nH]cnc12.[Rf]. The number of nitrogens with one attached hydrogen (secondary N) is 1. The molecular formula is C8H5N2O2Rf-. The van der Waals surface area contributed by atoms with Gasteiger partial charge in [0, 0.05) is 5.52 Å². The fourth-order valence-electron chi connectivity index (χ4n) is 1.07. The summed E-state index contributed by atoms with van der Waals surface area (Å²) >= 11 is 0. The van der Waals surface area contributed by atoms with Gasteiger partial charge in [0.15, 0.2) is 6.47 Å². The molecule has 1 heterocycles. The minimum atomic E-state index is 0. The number of hydrogen-bond donors (Lipinski definition) is 1. The van der Waals surface area contributed by atoms with Crippen molar-refractivity contribution in [2.45, 2.75) is 0 Å². The average Bonchev–Trinajstić information content (AvgIpc) is 2.53. The van der Waals surface area contributed by atoms with E-state index < -0.39 is 0 Å². The second-order valence-corrected chi connectivity index (χ2v) is 2.24. The zero-order valence-corrected chi connectivity index (χ0v) is 13.2. The number of hydrogen-bond acceptors (Lipinski definition) is 3. The Morgan fingerprint density at radius 3 is 3.08 bits per heavy atom. The van der Waals surface area contributed by atoms with Crippen molar-refractivity contribution in [2.75, 3.05) is 0 Å². The standard InChI is InChI=1S/C8H5N2O2.Rf/c11-5-12-7-3-1-2-6-8(7)10-4-9-6;/h1-4H,(H,9,10);/q-1;. The maximum Gasteiger partial charge on any atom is 0.170 e. The molecule has 0 aliphatic rings. The van der Waals surface area contributed by atoms with Crippen LogP contribution in [0.15, 0.2) is 24.5 Å². The molecule has 0 bridgehead atoms. The molecule has 0 saturated heterocycles. The summed E-state index contributed by atoms with van der Waals surface area (Å²) in [5, 5.41) is 0. The third-order valence-corrected chi connectivity index (χ3v) is 1.56. The summed E-state index contributed by atoms with van der Waals surface area (Å²) in [7, 11) is 0. The summed E-state index contributed by atoms with van der Waals surface area (Å²) in [6.07, 6.45) is 1.54. The smallest absolute Gasteiger partial charge is 0.170 e. The summed E-state index contributed by atoms with van der Waals surface area (Å²) in [5.41, 5.74) is 1.48. The first-order valence-electron chi connectivity index (χ1n) is 3.38. The zero-order chi connectivity index (χ0) is 8.39. The largest absolute Gasteiger partial charge is 0.608 e. The van der Waals surface area contributed by atoms with Crippen LogP contribution in [0.4, 0.5) is 0 Å². The number of aromatic nitrogens is 2. The number of para-hydroxylation sites is 1. The Kier molecular flexibility index (Phi) is 1.93. The summed E-state index contributed by atoms with van der Waals surface area (Å²) in [6.45, 7) is 1.36. The second kappa shape index (κ2) is 3.04. The number of ether oxygens (including phenoxy) is 1. The molecule has 0 spiro atoms. The number of nitrogens with zero attached hydrogens (tertiary/aromatic N) is 1. The van der Waals surface area contributed by atoms with E-state index >= 15 is 0 Å². The second-order valence-electron chi connectivity index (χ2n) is 2.24. The Bertz CT molecular complexity index is 413. The molecule has 1 aromatic carbocycles. The molecule has 1 N–H and O–H groups in total. The van der Waals surface area contributed by atoms with Gasteiger partial charge in [-0.2, -0.15) is 0 Å². The van der Waals surface area contributed by atoms with Crippen LogP contribution in [0.5, 0.6) is 5.75 Å². The summed E-state index contributed by atoms with van der Waals surface area (Å²) in [6, 6.07) is 5.28. The summed E-state index contributed by atoms with van der Waals surface area (Å²) in [4.78, 5) is 16.8. The molecule has 0 fully saturated rings. The molecule has 1 aromatic heterocycles. The molecule has 0 amide bonds. The number of aromatic amines is 1. The number of benzene rings is 1. The van der Waals surface area contributed by atoms with E-state index in [-0.39, 0.29) is 0 Å². The van der Waals surface area contributed by atoms with Gasteiger partial charge >= 0.3 is 0 Å². The Labute approximate surface area is 68.2 Å². The molecule has 13 heavy (non-hydrogen) atoms. The number of carbonyl (C=O) groups excluding carboxylic acids is 1. The van der Waals surface area contributed by atoms with Crippen molar-refractivity contribution in [3.63, 3.8) is 0 Å². The molecule has 4 nitrogen and oxygen atoms in total. The normalized spacial score (nSPS) is 9.23. The minimum absolute atomic E-state index is 0. The van der Waals surface area contributed by atoms with Crippen LogP contribution in [0.3, 0.4) is 0 Å². The quantitative estimate of drug-likeness (QED) is 0.727. The fraction of sp³-hybridized carbons (Fsp3) is 0. The maximum absolute atomic E-state index is 9.95. The van der Waals surface area contributed by atoms with Crippen molar-refractivity contribution < 1.29 is 9.53 Å². The van der Waals surface area contributed by atoms with Crippen LogP contribution in [0.1, 0.15) is 0 Å². The van der Waals surface area contributed by atoms with Gasteiger partial charge in [-0.1, -0.05) is 6.07 Å². The van der Waals surface area contributed by atoms with Crippen molar-refractivity contribution in [3.05, 3.63) is 24.5 Å². The first-order valence-corrected chi connectivity index (χ1v) is 3.38. The van der Waals surface area contributed by atoms with E-state index in [1.165, 1.54) is 6.47 Å².